The van der Waals surface area contributed by atoms with Crippen molar-refractivity contribution in [1.82, 2.24) is 5.32 Å². The maximum atomic E-state index is 5.93. The quantitative estimate of drug-likeness (QED) is 0.793. The Bertz CT molecular complexity index is 370. The van der Waals surface area contributed by atoms with Crippen molar-refractivity contribution in [3.8, 4) is 18.1 Å². The zero-order chi connectivity index (χ0) is 11.3. The number of benzene rings is 1. The molecule has 1 N–H and O–H groups in total. The van der Waals surface area contributed by atoms with Crippen molar-refractivity contribution in [2.24, 2.45) is 0 Å². The summed E-state index contributed by atoms with van der Waals surface area (Å²) in [5.41, 5.74) is 1.01. The topological polar surface area (TPSA) is 21.3 Å². The molecule has 0 bridgehead atoms. The van der Waals surface area contributed by atoms with Crippen LogP contribution < -0.4 is 10.1 Å². The minimum absolute atomic E-state index is 0.177. The highest BCUT2D eigenvalue weighted by molar-refractivity contribution is 6.30. The second-order valence-electron chi connectivity index (χ2n) is 3.19. The van der Waals surface area contributed by atoms with E-state index in [1.165, 1.54) is 0 Å². The molecule has 3 heteroatoms. The number of ether oxygens (including phenoxy) is 1. The second-order valence-corrected chi connectivity index (χ2v) is 3.62. The smallest absolute Gasteiger partial charge is 0.148 e. The Hall–Kier alpha value is -1.17. The van der Waals surface area contributed by atoms with Crippen LogP contribution in [-0.2, 0) is 0 Å². The Morgan fingerprint density at radius 2 is 2.33 bits per heavy atom. The van der Waals surface area contributed by atoms with E-state index in [0.29, 0.717) is 5.02 Å². The van der Waals surface area contributed by atoms with Crippen LogP contribution >= 0.6 is 11.6 Å². The third-order valence-electron chi connectivity index (χ3n) is 2.18. The molecule has 0 radical (unpaired) electrons. The maximum absolute atomic E-state index is 5.93. The van der Waals surface area contributed by atoms with Crippen LogP contribution in [0, 0.1) is 12.3 Å². The van der Waals surface area contributed by atoms with E-state index in [4.69, 9.17) is 22.8 Å². The van der Waals surface area contributed by atoms with E-state index in [0.717, 1.165) is 11.3 Å². The summed E-state index contributed by atoms with van der Waals surface area (Å²) in [6, 6.07) is 5.69. The summed E-state index contributed by atoms with van der Waals surface area (Å²) in [5.74, 6) is 3.22. The van der Waals surface area contributed by atoms with E-state index >= 15 is 0 Å². The van der Waals surface area contributed by atoms with Crippen LogP contribution in [0.5, 0.6) is 5.75 Å². The van der Waals surface area contributed by atoms with Crippen molar-refractivity contribution in [2.75, 3.05) is 13.7 Å². The van der Waals surface area contributed by atoms with Gasteiger partial charge in [-0.2, -0.15) is 0 Å². The number of halogens is 1. The van der Waals surface area contributed by atoms with Crippen molar-refractivity contribution in [2.45, 2.75) is 13.0 Å². The summed E-state index contributed by atoms with van der Waals surface area (Å²) in [6.07, 6.45) is 5.15. The van der Waals surface area contributed by atoms with Crippen molar-refractivity contribution < 1.29 is 4.74 Å². The highest BCUT2D eigenvalue weighted by atomic mass is 35.5. The Kier molecular flexibility index (Phi) is 4.48. The molecule has 1 atom stereocenters. The summed E-state index contributed by atoms with van der Waals surface area (Å²) in [6.45, 7) is 2.31. The zero-order valence-electron chi connectivity index (χ0n) is 8.88. The average molecular weight is 224 g/mol. The predicted molar refractivity (Wildman–Crippen MR) is 63.3 cm³/mol. The van der Waals surface area contributed by atoms with Gasteiger partial charge in [-0.3, -0.25) is 0 Å². The average Bonchev–Trinajstić information content (AvgIpc) is 2.26. The number of rotatable bonds is 4. The largest absolute Gasteiger partial charge is 0.481 e. The molecule has 0 amide bonds. The Balaban J connectivity index is 2.98. The van der Waals surface area contributed by atoms with Gasteiger partial charge in [0.25, 0.3) is 0 Å². The molecule has 0 heterocycles. The highest BCUT2D eigenvalue weighted by Crippen LogP contribution is 2.28. The molecule has 1 unspecified atom stereocenters. The van der Waals surface area contributed by atoms with Crippen molar-refractivity contribution >= 4 is 11.6 Å². The molecule has 0 aromatic heterocycles. The fourth-order valence-corrected chi connectivity index (χ4v) is 1.44. The number of terminal acetylenes is 1. The van der Waals surface area contributed by atoms with Gasteiger partial charge in [0.1, 0.15) is 12.4 Å². The molecule has 1 aromatic carbocycles. The van der Waals surface area contributed by atoms with Crippen LogP contribution in [0.3, 0.4) is 0 Å². The Labute approximate surface area is 95.6 Å². The van der Waals surface area contributed by atoms with Crippen LogP contribution in [-0.4, -0.2) is 13.7 Å². The van der Waals surface area contributed by atoms with Gasteiger partial charge in [-0.05, 0) is 32.2 Å². The molecule has 0 aliphatic carbocycles. The van der Waals surface area contributed by atoms with E-state index in [-0.39, 0.29) is 12.6 Å². The van der Waals surface area contributed by atoms with Gasteiger partial charge in [0.15, 0.2) is 0 Å². The van der Waals surface area contributed by atoms with E-state index in [9.17, 15) is 0 Å². The van der Waals surface area contributed by atoms with E-state index in [1.54, 1.807) is 6.07 Å². The number of nitrogens with one attached hydrogen (secondary N) is 1. The molecule has 15 heavy (non-hydrogen) atoms. The third kappa shape index (κ3) is 3.16. The van der Waals surface area contributed by atoms with Crippen LogP contribution in [0.2, 0.25) is 5.02 Å². The molecule has 0 fully saturated rings. The summed E-state index contributed by atoms with van der Waals surface area (Å²) in [5, 5.41) is 3.83. The first kappa shape index (κ1) is 11.9. The van der Waals surface area contributed by atoms with Crippen molar-refractivity contribution in [3.63, 3.8) is 0 Å². The maximum Gasteiger partial charge on any atom is 0.148 e. The number of hydrogen-bond donors (Lipinski definition) is 1. The molecule has 80 valence electrons. The monoisotopic (exact) mass is 223 g/mol. The molecule has 0 aliphatic heterocycles. The zero-order valence-corrected chi connectivity index (χ0v) is 9.64. The first-order chi connectivity index (χ1) is 7.19. The minimum Gasteiger partial charge on any atom is -0.481 e. The fraction of sp³-hybridized carbons (Fsp3) is 0.333. The summed E-state index contributed by atoms with van der Waals surface area (Å²) in [7, 11) is 1.89. The van der Waals surface area contributed by atoms with Gasteiger partial charge in [-0.1, -0.05) is 17.5 Å². The molecular weight excluding hydrogens is 210 g/mol. The molecule has 1 rings (SSSR count). The second kappa shape index (κ2) is 5.65. The molecule has 0 saturated carbocycles. The third-order valence-corrected chi connectivity index (χ3v) is 2.42. The minimum atomic E-state index is 0.177. The lowest BCUT2D eigenvalue weighted by Gasteiger charge is -2.15. The first-order valence-electron chi connectivity index (χ1n) is 4.72. The predicted octanol–water partition coefficient (Wildman–Crippen LogP) is 2.63. The molecule has 1 aromatic rings. The normalized spacial score (nSPS) is 11.9. The standard InChI is InChI=1S/C12H14ClNO/c1-4-7-15-12-6-5-10(13)8-11(12)9(2)14-3/h1,5-6,8-9,14H,7H2,2-3H3. The Morgan fingerprint density at radius 1 is 1.60 bits per heavy atom. The van der Waals surface area contributed by atoms with Gasteiger partial charge in [-0.25, -0.2) is 0 Å². The van der Waals surface area contributed by atoms with Crippen LogP contribution in [0.4, 0.5) is 0 Å². The van der Waals surface area contributed by atoms with Crippen LogP contribution in [0.15, 0.2) is 18.2 Å². The SMILES string of the molecule is C#CCOc1ccc(Cl)cc1C(C)NC. The first-order valence-corrected chi connectivity index (χ1v) is 5.09. The van der Waals surface area contributed by atoms with Gasteiger partial charge < -0.3 is 10.1 Å². The van der Waals surface area contributed by atoms with Crippen molar-refractivity contribution in [3.05, 3.63) is 28.8 Å². The lowest BCUT2D eigenvalue weighted by Crippen LogP contribution is -2.13. The van der Waals surface area contributed by atoms with Crippen LogP contribution in [0.25, 0.3) is 0 Å². The Morgan fingerprint density at radius 3 is 2.93 bits per heavy atom. The van der Waals surface area contributed by atoms with Gasteiger partial charge >= 0.3 is 0 Å². The molecule has 0 aliphatic rings. The summed E-state index contributed by atoms with van der Waals surface area (Å²) in [4.78, 5) is 0. The van der Waals surface area contributed by atoms with E-state index in [2.05, 4.69) is 11.2 Å². The lowest BCUT2D eigenvalue weighted by atomic mass is 10.1. The van der Waals surface area contributed by atoms with Gasteiger partial charge in [0, 0.05) is 16.6 Å². The highest BCUT2D eigenvalue weighted by Gasteiger charge is 2.10. The van der Waals surface area contributed by atoms with E-state index < -0.39 is 0 Å². The van der Waals surface area contributed by atoms with Crippen molar-refractivity contribution in [1.29, 1.82) is 0 Å². The molecular formula is C12H14ClNO. The van der Waals surface area contributed by atoms with Crippen LogP contribution in [0.1, 0.15) is 18.5 Å². The molecule has 0 saturated heterocycles. The molecule has 2 nitrogen and oxygen atoms in total. The summed E-state index contributed by atoms with van der Waals surface area (Å²) >= 11 is 5.93. The van der Waals surface area contributed by atoms with Gasteiger partial charge in [-0.15, -0.1) is 6.42 Å². The van der Waals surface area contributed by atoms with Gasteiger partial charge in [0.2, 0.25) is 0 Å². The molecule has 0 spiro atoms. The van der Waals surface area contributed by atoms with E-state index in [1.807, 2.05) is 26.1 Å². The fourth-order valence-electron chi connectivity index (χ4n) is 1.26. The summed E-state index contributed by atoms with van der Waals surface area (Å²) < 4.78 is 5.43. The number of hydrogen-bond acceptors (Lipinski definition) is 2. The van der Waals surface area contributed by atoms with Gasteiger partial charge in [0.05, 0.1) is 0 Å². The lowest BCUT2D eigenvalue weighted by molar-refractivity contribution is 0.362.